The van der Waals surface area contributed by atoms with E-state index in [1.165, 1.54) is 23.9 Å². The van der Waals surface area contributed by atoms with Gasteiger partial charge in [-0.1, -0.05) is 84.7 Å². The fourth-order valence-electron chi connectivity index (χ4n) is 4.11. The summed E-state index contributed by atoms with van der Waals surface area (Å²) in [4.78, 5) is 9.28. The van der Waals surface area contributed by atoms with Crippen molar-refractivity contribution < 1.29 is 17.3 Å². The summed E-state index contributed by atoms with van der Waals surface area (Å²) in [6, 6.07) is 21.1. The number of halogens is 2. The van der Waals surface area contributed by atoms with Crippen LogP contribution in [0.4, 0.5) is 0 Å². The van der Waals surface area contributed by atoms with E-state index in [9.17, 15) is 13.7 Å². The SMILES string of the molecule is COc1ccc(CSc2nc(OS(=O)(=O)c3ccc(C)cc3)c(C(C)C)c(C(C#N)c3c(Cl)cccc3Cl)n2)cc1. The van der Waals surface area contributed by atoms with Crippen LogP contribution in [-0.2, 0) is 15.9 Å². The Hall–Kier alpha value is -3.29. The van der Waals surface area contributed by atoms with E-state index in [2.05, 4.69) is 11.1 Å². The molecule has 4 aromatic rings. The van der Waals surface area contributed by atoms with Crippen LogP contribution in [0.1, 0.15) is 53.6 Å². The number of ether oxygens (including phenoxy) is 1. The van der Waals surface area contributed by atoms with Gasteiger partial charge in [0.25, 0.3) is 0 Å². The quantitative estimate of drug-likeness (QED) is 0.0991. The Balaban J connectivity index is 1.86. The van der Waals surface area contributed by atoms with Crippen molar-refractivity contribution in [1.82, 2.24) is 9.97 Å². The number of nitrogens with zero attached hydrogens (tertiary/aromatic N) is 3. The Morgan fingerprint density at radius 3 is 2.15 bits per heavy atom. The van der Waals surface area contributed by atoms with Gasteiger partial charge >= 0.3 is 10.1 Å². The summed E-state index contributed by atoms with van der Waals surface area (Å²) in [7, 11) is -2.66. The molecule has 1 heterocycles. The molecule has 0 spiro atoms. The standard InChI is InChI=1S/C30H27Cl2N3O4S2/c1-18(2)26-28(23(16-33)27-24(31)6-5-7-25(27)32)34-30(40-17-20-10-12-21(38-4)13-11-20)35-29(26)39-41(36,37)22-14-8-19(3)9-15-22/h5-15,18,23H,17H2,1-4H3. The lowest BCUT2D eigenvalue weighted by atomic mass is 9.90. The van der Waals surface area contributed by atoms with Gasteiger partial charge in [-0.05, 0) is 54.8 Å². The van der Waals surface area contributed by atoms with Gasteiger partial charge in [0, 0.05) is 26.9 Å². The van der Waals surface area contributed by atoms with E-state index in [0.717, 1.165) is 16.9 Å². The van der Waals surface area contributed by atoms with Crippen molar-refractivity contribution in [2.24, 2.45) is 0 Å². The second-order valence-electron chi connectivity index (χ2n) is 9.45. The molecule has 0 aliphatic rings. The fraction of sp³-hybridized carbons (Fsp3) is 0.233. The summed E-state index contributed by atoms with van der Waals surface area (Å²) >= 11 is 14.3. The van der Waals surface area contributed by atoms with Crippen molar-refractivity contribution in [3.8, 4) is 17.7 Å². The van der Waals surface area contributed by atoms with Crippen molar-refractivity contribution in [3.05, 3.63) is 105 Å². The first-order chi connectivity index (χ1) is 19.5. The number of hydrogen-bond acceptors (Lipinski definition) is 8. The molecule has 0 aliphatic heterocycles. The normalized spacial score (nSPS) is 12.1. The highest BCUT2D eigenvalue weighted by molar-refractivity contribution is 7.98. The highest BCUT2D eigenvalue weighted by Gasteiger charge is 2.31. The largest absolute Gasteiger partial charge is 0.497 e. The zero-order valence-electron chi connectivity index (χ0n) is 22.8. The second kappa shape index (κ2) is 13.1. The first-order valence-electron chi connectivity index (χ1n) is 12.6. The lowest BCUT2D eigenvalue weighted by Gasteiger charge is -2.21. The van der Waals surface area contributed by atoms with E-state index < -0.39 is 16.0 Å². The zero-order valence-corrected chi connectivity index (χ0v) is 25.9. The Morgan fingerprint density at radius 1 is 0.951 bits per heavy atom. The van der Waals surface area contributed by atoms with E-state index >= 15 is 0 Å². The maximum absolute atomic E-state index is 13.4. The van der Waals surface area contributed by atoms with Crippen LogP contribution in [-0.4, -0.2) is 25.5 Å². The molecule has 11 heteroatoms. The lowest BCUT2D eigenvalue weighted by Crippen LogP contribution is -2.17. The van der Waals surface area contributed by atoms with Crippen molar-refractivity contribution in [1.29, 1.82) is 5.26 Å². The zero-order chi connectivity index (χ0) is 29.7. The molecule has 0 aliphatic carbocycles. The third kappa shape index (κ3) is 7.14. The van der Waals surface area contributed by atoms with E-state index in [4.69, 9.17) is 37.1 Å². The topological polar surface area (TPSA) is 102 Å². The molecule has 0 amide bonds. The lowest BCUT2D eigenvalue weighted by molar-refractivity contribution is 0.414. The third-order valence-corrected chi connectivity index (χ3v) is 9.02. The minimum atomic E-state index is -4.26. The minimum Gasteiger partial charge on any atom is -0.497 e. The van der Waals surface area contributed by atoms with Crippen LogP contribution in [0.15, 0.2) is 76.8 Å². The molecular formula is C30H27Cl2N3O4S2. The van der Waals surface area contributed by atoms with Crippen LogP contribution in [0.3, 0.4) is 0 Å². The van der Waals surface area contributed by atoms with Crippen molar-refractivity contribution >= 4 is 45.1 Å². The van der Waals surface area contributed by atoms with Crippen LogP contribution >= 0.6 is 35.0 Å². The van der Waals surface area contributed by atoms with Gasteiger partial charge in [-0.15, -0.1) is 0 Å². The predicted octanol–water partition coefficient (Wildman–Crippen LogP) is 7.94. The summed E-state index contributed by atoms with van der Waals surface area (Å²) in [5, 5.41) is 11.2. The number of aryl methyl sites for hydroxylation is 1. The molecule has 0 N–H and O–H groups in total. The van der Waals surface area contributed by atoms with Crippen LogP contribution in [0.2, 0.25) is 10.0 Å². The molecule has 0 radical (unpaired) electrons. The summed E-state index contributed by atoms with van der Waals surface area (Å²) in [5.74, 6) is -0.277. The van der Waals surface area contributed by atoms with Gasteiger partial charge in [-0.3, -0.25) is 0 Å². The predicted molar refractivity (Wildman–Crippen MR) is 162 cm³/mol. The number of benzene rings is 3. The molecule has 212 valence electrons. The first kappa shape index (κ1) is 30.7. The average Bonchev–Trinajstić information content (AvgIpc) is 2.94. The van der Waals surface area contributed by atoms with E-state index in [1.54, 1.807) is 37.4 Å². The molecule has 0 saturated carbocycles. The monoisotopic (exact) mass is 627 g/mol. The summed E-state index contributed by atoms with van der Waals surface area (Å²) < 4.78 is 37.6. The number of methoxy groups -OCH3 is 1. The molecule has 1 atom stereocenters. The Labute approximate surface area is 254 Å². The highest BCUT2D eigenvalue weighted by Crippen LogP contribution is 2.41. The van der Waals surface area contributed by atoms with Gasteiger partial charge in [0.15, 0.2) is 5.16 Å². The van der Waals surface area contributed by atoms with E-state index in [1.807, 2.05) is 45.0 Å². The molecule has 1 unspecified atom stereocenters. The molecule has 0 saturated heterocycles. The van der Waals surface area contributed by atoms with Crippen LogP contribution in [0, 0.1) is 18.3 Å². The Bertz CT molecular complexity index is 1670. The first-order valence-corrected chi connectivity index (χ1v) is 15.7. The second-order valence-corrected chi connectivity index (χ2v) is 12.8. The summed E-state index contributed by atoms with van der Waals surface area (Å²) in [6.07, 6.45) is 0. The minimum absolute atomic E-state index is 0.0172. The fourth-order valence-corrected chi connectivity index (χ4v) is 6.43. The van der Waals surface area contributed by atoms with E-state index in [-0.39, 0.29) is 27.5 Å². The maximum atomic E-state index is 13.4. The van der Waals surface area contributed by atoms with Gasteiger partial charge in [0.2, 0.25) is 5.88 Å². The smallest absolute Gasteiger partial charge is 0.340 e. The number of aromatic nitrogens is 2. The molecule has 7 nitrogen and oxygen atoms in total. The van der Waals surface area contributed by atoms with Crippen LogP contribution in [0.5, 0.6) is 11.6 Å². The van der Waals surface area contributed by atoms with Gasteiger partial charge in [0.1, 0.15) is 16.6 Å². The highest BCUT2D eigenvalue weighted by atomic mass is 35.5. The number of hydrogen-bond donors (Lipinski definition) is 0. The van der Waals surface area contributed by atoms with Crippen molar-refractivity contribution in [3.63, 3.8) is 0 Å². The van der Waals surface area contributed by atoms with Gasteiger partial charge in [-0.2, -0.15) is 18.7 Å². The molecule has 3 aromatic carbocycles. The molecule has 0 fully saturated rings. The molecule has 1 aromatic heterocycles. The average molecular weight is 629 g/mol. The Kier molecular flexibility index (Phi) is 9.82. The maximum Gasteiger partial charge on any atom is 0.340 e. The molecule has 41 heavy (non-hydrogen) atoms. The Morgan fingerprint density at radius 2 is 1.59 bits per heavy atom. The van der Waals surface area contributed by atoms with E-state index in [0.29, 0.717) is 26.9 Å². The molecule has 4 rings (SSSR count). The van der Waals surface area contributed by atoms with Gasteiger partial charge < -0.3 is 8.92 Å². The van der Waals surface area contributed by atoms with Crippen LogP contribution in [0.25, 0.3) is 0 Å². The van der Waals surface area contributed by atoms with Crippen LogP contribution < -0.4 is 8.92 Å². The van der Waals surface area contributed by atoms with Crippen molar-refractivity contribution in [2.75, 3.05) is 7.11 Å². The third-order valence-electron chi connectivity index (χ3n) is 6.21. The summed E-state index contributed by atoms with van der Waals surface area (Å²) in [6.45, 7) is 5.56. The van der Waals surface area contributed by atoms with Crippen molar-refractivity contribution in [2.45, 2.75) is 48.4 Å². The molecule has 0 bridgehead atoms. The van der Waals surface area contributed by atoms with Gasteiger partial charge in [-0.25, -0.2) is 4.98 Å². The number of rotatable bonds is 10. The van der Waals surface area contributed by atoms with Gasteiger partial charge in [0.05, 0.1) is 18.9 Å². The number of nitriles is 1. The molecular weight excluding hydrogens is 601 g/mol. The summed E-state index contributed by atoms with van der Waals surface area (Å²) in [5.41, 5.74) is 2.89. The number of thioether (sulfide) groups is 1.